The molecule has 3 fully saturated rings. The smallest absolute Gasteiger partial charge is 0.327 e. The molecule has 0 unspecified atom stereocenters. The Bertz CT molecular complexity index is 653. The molecule has 3 aliphatic rings. The van der Waals surface area contributed by atoms with Gasteiger partial charge in [-0.15, -0.1) is 0 Å². The van der Waals surface area contributed by atoms with Crippen LogP contribution in [0.4, 0.5) is 10.5 Å². The van der Waals surface area contributed by atoms with Gasteiger partial charge in [0, 0.05) is 17.3 Å². The predicted octanol–water partition coefficient (Wildman–Crippen LogP) is 0.472. The summed E-state index contributed by atoms with van der Waals surface area (Å²) in [7, 11) is 0. The van der Waals surface area contributed by atoms with E-state index in [1.54, 1.807) is 4.90 Å². The molecule has 0 bridgehead atoms. The SMILES string of the molecule is O=C1[C@H]2CCCN2C(=O)N1CC[NH+]1CCN(c2cccc(Cl)c2)CC1. The van der Waals surface area contributed by atoms with Gasteiger partial charge in [0.05, 0.1) is 39.3 Å². The summed E-state index contributed by atoms with van der Waals surface area (Å²) >= 11 is 6.08. The molecular formula is C18H24ClN4O2+. The zero-order chi connectivity index (χ0) is 17.4. The van der Waals surface area contributed by atoms with Crippen LogP contribution in [0.25, 0.3) is 0 Å². The van der Waals surface area contributed by atoms with Crippen LogP contribution in [-0.4, -0.2) is 73.6 Å². The standard InChI is InChI=1S/C18H23ClN4O2/c19-14-3-1-4-15(13-14)21-10-7-20(8-11-21)9-12-23-17(24)16-5-2-6-22(16)18(23)25/h1,3-4,13,16H,2,5-12H2/p+1/t16-/m1/s1. The molecule has 7 heteroatoms. The zero-order valence-corrected chi connectivity index (χ0v) is 15.0. The Balaban J connectivity index is 1.28. The number of benzene rings is 1. The molecule has 1 aromatic carbocycles. The van der Waals surface area contributed by atoms with Crippen molar-refractivity contribution in [3.63, 3.8) is 0 Å². The Labute approximate surface area is 152 Å². The summed E-state index contributed by atoms with van der Waals surface area (Å²) in [6.45, 7) is 6.06. The molecule has 0 radical (unpaired) electrons. The molecular weight excluding hydrogens is 340 g/mol. The van der Waals surface area contributed by atoms with E-state index in [1.165, 1.54) is 9.80 Å². The number of nitrogens with one attached hydrogen (secondary N) is 1. The minimum atomic E-state index is -0.179. The summed E-state index contributed by atoms with van der Waals surface area (Å²) < 4.78 is 0. The van der Waals surface area contributed by atoms with E-state index in [1.807, 2.05) is 18.2 Å². The first kappa shape index (κ1) is 16.7. The number of carbonyl (C=O) groups excluding carboxylic acids is 2. The van der Waals surface area contributed by atoms with Crippen molar-refractivity contribution in [1.82, 2.24) is 9.80 Å². The number of rotatable bonds is 4. The molecule has 25 heavy (non-hydrogen) atoms. The summed E-state index contributed by atoms with van der Waals surface area (Å²) in [4.78, 5) is 31.7. The average molecular weight is 364 g/mol. The second-order valence-electron chi connectivity index (χ2n) is 7.09. The molecule has 3 saturated heterocycles. The Morgan fingerprint density at radius 2 is 1.96 bits per heavy atom. The van der Waals surface area contributed by atoms with Gasteiger partial charge in [-0.2, -0.15) is 0 Å². The predicted molar refractivity (Wildman–Crippen MR) is 96.1 cm³/mol. The van der Waals surface area contributed by atoms with Crippen molar-refractivity contribution < 1.29 is 14.5 Å². The number of quaternary nitrogens is 1. The summed E-state index contributed by atoms with van der Waals surface area (Å²) in [5, 5.41) is 0.763. The van der Waals surface area contributed by atoms with Crippen molar-refractivity contribution in [3.05, 3.63) is 29.3 Å². The molecule has 1 atom stereocenters. The van der Waals surface area contributed by atoms with Gasteiger partial charge >= 0.3 is 6.03 Å². The first-order valence-electron chi connectivity index (χ1n) is 9.09. The summed E-state index contributed by atoms with van der Waals surface area (Å²) in [6, 6.07) is 7.70. The van der Waals surface area contributed by atoms with Crippen molar-refractivity contribution in [3.8, 4) is 0 Å². The molecule has 0 spiro atoms. The minimum absolute atomic E-state index is 0.0134. The lowest BCUT2D eigenvalue weighted by Gasteiger charge is -2.34. The average Bonchev–Trinajstić information content (AvgIpc) is 3.19. The van der Waals surface area contributed by atoms with E-state index in [2.05, 4.69) is 11.0 Å². The van der Waals surface area contributed by atoms with Crippen LogP contribution in [-0.2, 0) is 4.79 Å². The van der Waals surface area contributed by atoms with Crippen LogP contribution < -0.4 is 9.80 Å². The van der Waals surface area contributed by atoms with Crippen molar-refractivity contribution >= 4 is 29.2 Å². The highest BCUT2D eigenvalue weighted by Crippen LogP contribution is 2.26. The molecule has 3 amide bonds. The minimum Gasteiger partial charge on any atom is -0.360 e. The van der Waals surface area contributed by atoms with Crippen molar-refractivity contribution in [2.24, 2.45) is 0 Å². The third-order valence-corrected chi connectivity index (χ3v) is 5.85. The second-order valence-corrected chi connectivity index (χ2v) is 7.53. The van der Waals surface area contributed by atoms with Gasteiger partial charge in [-0.05, 0) is 31.0 Å². The highest BCUT2D eigenvalue weighted by atomic mass is 35.5. The fraction of sp³-hybridized carbons (Fsp3) is 0.556. The Kier molecular flexibility index (Phi) is 4.56. The number of piperazine rings is 1. The Hall–Kier alpha value is -1.79. The maximum Gasteiger partial charge on any atom is 0.327 e. The van der Waals surface area contributed by atoms with Crippen LogP contribution >= 0.6 is 11.6 Å². The lowest BCUT2D eigenvalue weighted by molar-refractivity contribution is -0.899. The van der Waals surface area contributed by atoms with Crippen LogP contribution in [0.2, 0.25) is 5.02 Å². The lowest BCUT2D eigenvalue weighted by atomic mass is 10.2. The molecule has 0 saturated carbocycles. The van der Waals surface area contributed by atoms with Gasteiger partial charge in [-0.25, -0.2) is 4.79 Å². The van der Waals surface area contributed by atoms with E-state index in [0.29, 0.717) is 6.54 Å². The highest BCUT2D eigenvalue weighted by molar-refractivity contribution is 6.30. The first-order chi connectivity index (χ1) is 12.1. The van der Waals surface area contributed by atoms with E-state index < -0.39 is 0 Å². The Morgan fingerprint density at radius 3 is 2.68 bits per heavy atom. The number of carbonyl (C=O) groups is 2. The number of fused-ring (bicyclic) bond motifs is 1. The summed E-state index contributed by atoms with van der Waals surface area (Å²) in [6.07, 6.45) is 1.78. The zero-order valence-electron chi connectivity index (χ0n) is 14.3. The third-order valence-electron chi connectivity index (χ3n) is 5.61. The van der Waals surface area contributed by atoms with Gasteiger partial charge in [0.1, 0.15) is 6.04 Å². The van der Waals surface area contributed by atoms with E-state index >= 15 is 0 Å². The van der Waals surface area contributed by atoms with Crippen LogP contribution in [0, 0.1) is 0 Å². The monoisotopic (exact) mass is 363 g/mol. The number of hydrogen-bond acceptors (Lipinski definition) is 3. The number of hydrogen-bond donors (Lipinski definition) is 1. The lowest BCUT2D eigenvalue weighted by Crippen LogP contribution is -3.15. The van der Waals surface area contributed by atoms with Crippen molar-refractivity contribution in [2.75, 3.05) is 50.7 Å². The topological polar surface area (TPSA) is 48.3 Å². The fourth-order valence-corrected chi connectivity index (χ4v) is 4.35. The van der Waals surface area contributed by atoms with Crippen molar-refractivity contribution in [2.45, 2.75) is 18.9 Å². The third kappa shape index (κ3) is 3.20. The Morgan fingerprint density at radius 1 is 1.16 bits per heavy atom. The number of nitrogens with zero attached hydrogens (tertiary/aromatic N) is 3. The first-order valence-corrected chi connectivity index (χ1v) is 9.47. The van der Waals surface area contributed by atoms with E-state index in [9.17, 15) is 9.59 Å². The quantitative estimate of drug-likeness (QED) is 0.791. The maximum absolute atomic E-state index is 12.4. The van der Waals surface area contributed by atoms with Crippen molar-refractivity contribution in [1.29, 1.82) is 0 Å². The van der Waals surface area contributed by atoms with Crippen LogP contribution in [0.15, 0.2) is 24.3 Å². The number of halogens is 1. The number of urea groups is 1. The normalized spacial score (nSPS) is 24.4. The molecule has 134 valence electrons. The molecule has 0 aliphatic carbocycles. The highest BCUT2D eigenvalue weighted by Gasteiger charge is 2.47. The molecule has 4 rings (SSSR count). The van der Waals surface area contributed by atoms with E-state index in [-0.39, 0.29) is 18.0 Å². The molecule has 3 aliphatic heterocycles. The fourth-order valence-electron chi connectivity index (χ4n) is 4.16. The largest absolute Gasteiger partial charge is 0.360 e. The van der Waals surface area contributed by atoms with E-state index in [0.717, 1.165) is 62.8 Å². The van der Waals surface area contributed by atoms with E-state index in [4.69, 9.17) is 11.6 Å². The molecule has 1 N–H and O–H groups in total. The maximum atomic E-state index is 12.4. The molecule has 6 nitrogen and oxygen atoms in total. The van der Waals surface area contributed by atoms with Crippen LogP contribution in [0.3, 0.4) is 0 Å². The van der Waals surface area contributed by atoms with Crippen LogP contribution in [0.1, 0.15) is 12.8 Å². The number of amides is 3. The van der Waals surface area contributed by atoms with Gasteiger partial charge in [-0.1, -0.05) is 17.7 Å². The molecule has 1 aromatic rings. The van der Waals surface area contributed by atoms with Gasteiger partial charge in [0.2, 0.25) is 0 Å². The summed E-state index contributed by atoms with van der Waals surface area (Å²) in [5.41, 5.74) is 1.16. The van der Waals surface area contributed by atoms with Gasteiger partial charge in [-0.3, -0.25) is 9.69 Å². The van der Waals surface area contributed by atoms with Gasteiger partial charge in [0.25, 0.3) is 5.91 Å². The second kappa shape index (κ2) is 6.84. The number of anilines is 1. The molecule has 0 aromatic heterocycles. The summed E-state index contributed by atoms with van der Waals surface area (Å²) in [5.74, 6) is 0.0134. The van der Waals surface area contributed by atoms with Crippen LogP contribution in [0.5, 0.6) is 0 Å². The molecule has 3 heterocycles. The van der Waals surface area contributed by atoms with Gasteiger partial charge in [0.15, 0.2) is 0 Å². The number of imide groups is 1. The van der Waals surface area contributed by atoms with Gasteiger partial charge < -0.3 is 14.7 Å².